The van der Waals surface area contributed by atoms with Crippen LogP contribution in [0, 0.1) is 13.8 Å². The summed E-state index contributed by atoms with van der Waals surface area (Å²) in [5.41, 5.74) is 1.23. The molecule has 4 heteroatoms. The molecular formula is C7H12BrNOS. The number of aromatic nitrogens is 1. The normalized spacial score (nSPS) is 9.36. The molecule has 0 aromatic carbocycles. The maximum Gasteiger partial charge on any atom is 0.234 e. The molecule has 1 aromatic heterocycles. The van der Waals surface area contributed by atoms with Gasteiger partial charge in [-0.25, -0.2) is 0 Å². The fourth-order valence-electron chi connectivity index (χ4n) is 0.980. The molecule has 0 unspecified atom stereocenters. The minimum Gasteiger partial charge on any atom is -1.00 e. The van der Waals surface area contributed by atoms with Gasteiger partial charge in [0.15, 0.2) is 12.2 Å². The Balaban J connectivity index is 0.000001000. The third kappa shape index (κ3) is 2.54. The van der Waals surface area contributed by atoms with Gasteiger partial charge in [0.2, 0.25) is 5.01 Å². The van der Waals surface area contributed by atoms with E-state index in [9.17, 15) is 0 Å². The van der Waals surface area contributed by atoms with Crippen LogP contribution < -0.4 is 21.5 Å². The van der Waals surface area contributed by atoms with Crippen molar-refractivity contribution in [3.63, 3.8) is 0 Å². The number of thiazole rings is 1. The largest absolute Gasteiger partial charge is 1.00 e. The first kappa shape index (κ1) is 11.1. The molecule has 0 saturated heterocycles. The molecule has 0 bridgehead atoms. The summed E-state index contributed by atoms with van der Waals surface area (Å²) in [4.78, 5) is 0. The maximum atomic E-state index is 8.67. The van der Waals surface area contributed by atoms with E-state index in [4.69, 9.17) is 5.11 Å². The Morgan fingerprint density at radius 2 is 2.18 bits per heavy atom. The van der Waals surface area contributed by atoms with Crippen molar-refractivity contribution < 1.29 is 26.7 Å². The van der Waals surface area contributed by atoms with Crippen molar-refractivity contribution in [3.05, 3.63) is 16.1 Å². The average molecular weight is 238 g/mol. The van der Waals surface area contributed by atoms with Gasteiger partial charge in [0.25, 0.3) is 0 Å². The van der Waals surface area contributed by atoms with Crippen molar-refractivity contribution in [3.8, 4) is 0 Å². The maximum absolute atomic E-state index is 8.67. The van der Waals surface area contributed by atoms with Crippen LogP contribution in [-0.2, 0) is 6.54 Å². The molecule has 0 aliphatic carbocycles. The van der Waals surface area contributed by atoms with Gasteiger partial charge >= 0.3 is 0 Å². The summed E-state index contributed by atoms with van der Waals surface area (Å²) in [5.74, 6) is 0. The molecule has 0 saturated carbocycles. The van der Waals surface area contributed by atoms with Crippen LogP contribution in [0.5, 0.6) is 0 Å². The van der Waals surface area contributed by atoms with Gasteiger partial charge in [0, 0.05) is 13.8 Å². The lowest BCUT2D eigenvalue weighted by Crippen LogP contribution is -3.00. The highest BCUT2D eigenvalue weighted by atomic mass is 79.9. The van der Waals surface area contributed by atoms with Crippen LogP contribution in [0.1, 0.15) is 10.7 Å². The Bertz CT molecular complexity index is 205. The van der Waals surface area contributed by atoms with Gasteiger partial charge in [-0.1, -0.05) is 11.3 Å². The van der Waals surface area contributed by atoms with Crippen LogP contribution in [0.4, 0.5) is 0 Å². The number of nitrogens with zero attached hydrogens (tertiary/aromatic N) is 1. The lowest BCUT2D eigenvalue weighted by Gasteiger charge is -1.91. The van der Waals surface area contributed by atoms with Gasteiger partial charge in [-0.05, 0) is 0 Å². The highest BCUT2D eigenvalue weighted by molar-refractivity contribution is 7.09. The predicted octanol–water partition coefficient (Wildman–Crippen LogP) is -2.35. The van der Waals surface area contributed by atoms with Gasteiger partial charge in [-0.15, -0.1) is 0 Å². The van der Waals surface area contributed by atoms with E-state index in [-0.39, 0.29) is 23.6 Å². The molecule has 0 spiro atoms. The minimum absolute atomic E-state index is 0. The van der Waals surface area contributed by atoms with Crippen molar-refractivity contribution in [2.75, 3.05) is 6.61 Å². The molecule has 1 rings (SSSR count). The molecule has 1 N–H and O–H groups in total. The van der Waals surface area contributed by atoms with Gasteiger partial charge in [-0.3, -0.25) is 0 Å². The van der Waals surface area contributed by atoms with E-state index in [1.54, 1.807) is 11.3 Å². The van der Waals surface area contributed by atoms with Crippen molar-refractivity contribution >= 4 is 11.3 Å². The van der Waals surface area contributed by atoms with Crippen LogP contribution in [-0.4, -0.2) is 11.7 Å². The summed E-state index contributed by atoms with van der Waals surface area (Å²) in [6, 6.07) is 0. The molecule has 0 amide bonds. The van der Waals surface area contributed by atoms with Gasteiger partial charge in [-0.2, -0.15) is 4.57 Å². The second-order valence-electron chi connectivity index (χ2n) is 2.27. The quantitative estimate of drug-likeness (QED) is 0.573. The highest BCUT2D eigenvalue weighted by Gasteiger charge is 2.10. The molecule has 64 valence electrons. The number of aliphatic hydroxyl groups excluding tert-OH is 1. The minimum atomic E-state index is 0. The van der Waals surface area contributed by atoms with E-state index in [1.807, 2.05) is 0 Å². The zero-order chi connectivity index (χ0) is 7.56. The number of rotatable bonds is 2. The van der Waals surface area contributed by atoms with Crippen LogP contribution in [0.3, 0.4) is 0 Å². The van der Waals surface area contributed by atoms with Gasteiger partial charge < -0.3 is 22.1 Å². The summed E-state index contributed by atoms with van der Waals surface area (Å²) < 4.78 is 2.12. The molecule has 0 aliphatic heterocycles. The van der Waals surface area contributed by atoms with Gasteiger partial charge in [0.1, 0.15) is 6.61 Å². The third-order valence-corrected chi connectivity index (χ3v) is 2.55. The molecule has 1 aromatic rings. The highest BCUT2D eigenvalue weighted by Crippen LogP contribution is 2.03. The second kappa shape index (κ2) is 4.85. The second-order valence-corrected chi connectivity index (χ2v) is 3.33. The van der Waals surface area contributed by atoms with Gasteiger partial charge in [0.05, 0.1) is 5.38 Å². The van der Waals surface area contributed by atoms with E-state index in [0.29, 0.717) is 0 Å². The number of aryl methyl sites for hydroxylation is 2. The van der Waals surface area contributed by atoms with Crippen LogP contribution >= 0.6 is 11.3 Å². The fraction of sp³-hybridized carbons (Fsp3) is 0.571. The van der Waals surface area contributed by atoms with E-state index < -0.39 is 0 Å². The lowest BCUT2D eigenvalue weighted by atomic mass is 10.5. The summed E-state index contributed by atoms with van der Waals surface area (Å²) in [5, 5.41) is 12.0. The summed E-state index contributed by atoms with van der Waals surface area (Å²) >= 11 is 1.72. The summed E-state index contributed by atoms with van der Waals surface area (Å²) in [7, 11) is 0. The molecule has 0 fully saturated rings. The Morgan fingerprint density at radius 3 is 2.55 bits per heavy atom. The zero-order valence-corrected chi connectivity index (χ0v) is 9.07. The molecular weight excluding hydrogens is 226 g/mol. The summed E-state index contributed by atoms with van der Waals surface area (Å²) in [6.45, 7) is 5.07. The lowest BCUT2D eigenvalue weighted by molar-refractivity contribution is -0.704. The van der Waals surface area contributed by atoms with Crippen LogP contribution in [0.15, 0.2) is 5.38 Å². The number of hydrogen-bond acceptors (Lipinski definition) is 2. The Morgan fingerprint density at radius 1 is 1.55 bits per heavy atom. The smallest absolute Gasteiger partial charge is 0.234 e. The number of halogens is 1. The molecule has 0 atom stereocenters. The van der Waals surface area contributed by atoms with E-state index in [1.165, 1.54) is 10.7 Å². The monoisotopic (exact) mass is 237 g/mol. The average Bonchev–Trinajstić information content (AvgIpc) is 2.20. The molecule has 0 radical (unpaired) electrons. The molecule has 0 aliphatic rings. The van der Waals surface area contributed by atoms with E-state index in [2.05, 4.69) is 23.8 Å². The van der Waals surface area contributed by atoms with Crippen LogP contribution in [0.2, 0.25) is 0 Å². The SMILES string of the molecule is Cc1csc(C)[n+]1CCO.[Br-]. The molecule has 1 heterocycles. The van der Waals surface area contributed by atoms with Crippen molar-refractivity contribution in [1.82, 2.24) is 0 Å². The fourth-order valence-corrected chi connectivity index (χ4v) is 1.81. The standard InChI is InChI=1S/C7H12NOS.BrH/c1-6-5-10-7(2)8(6)3-4-9;/h5,9H,3-4H2,1-2H3;1H/q+1;/p-1. The molecule has 11 heavy (non-hydrogen) atoms. The van der Waals surface area contributed by atoms with E-state index >= 15 is 0 Å². The van der Waals surface area contributed by atoms with Crippen molar-refractivity contribution in [2.24, 2.45) is 0 Å². The predicted molar refractivity (Wildman–Crippen MR) is 41.1 cm³/mol. The topological polar surface area (TPSA) is 24.1 Å². The number of hydrogen-bond donors (Lipinski definition) is 1. The number of aliphatic hydroxyl groups is 1. The Hall–Kier alpha value is 0.0700. The summed E-state index contributed by atoms with van der Waals surface area (Å²) in [6.07, 6.45) is 0. The third-order valence-electron chi connectivity index (χ3n) is 1.53. The van der Waals surface area contributed by atoms with Crippen molar-refractivity contribution in [2.45, 2.75) is 20.4 Å². The van der Waals surface area contributed by atoms with E-state index in [0.717, 1.165) is 6.54 Å². The Kier molecular flexibility index (Phi) is 4.88. The van der Waals surface area contributed by atoms with Crippen LogP contribution in [0.25, 0.3) is 0 Å². The first-order valence-electron chi connectivity index (χ1n) is 3.31. The Labute approximate surface area is 81.3 Å². The van der Waals surface area contributed by atoms with Crippen molar-refractivity contribution in [1.29, 1.82) is 0 Å². The zero-order valence-electron chi connectivity index (χ0n) is 6.67. The molecule has 2 nitrogen and oxygen atoms in total. The first-order chi connectivity index (χ1) is 4.75. The first-order valence-corrected chi connectivity index (χ1v) is 4.19.